The minimum absolute atomic E-state index is 0.662. The number of rotatable bonds is 6. The molecule has 1 nitrogen and oxygen atoms in total. The Hall–Kier alpha value is -1.34. The number of methoxy groups -OCH3 is 1. The average molecular weight is 204 g/mol. The summed E-state index contributed by atoms with van der Waals surface area (Å²) in [6.45, 7) is 8.45. The van der Waals surface area contributed by atoms with Crippen LogP contribution in [0.15, 0.2) is 60.3 Å². The van der Waals surface area contributed by atoms with E-state index in [0.717, 1.165) is 5.57 Å². The third-order valence-corrected chi connectivity index (χ3v) is 1.65. The predicted octanol–water partition coefficient (Wildman–Crippen LogP) is 3.82. The molecule has 0 spiro atoms. The largest absolute Gasteiger partial charge is 0.381 e. The van der Waals surface area contributed by atoms with Crippen molar-refractivity contribution >= 4 is 0 Å². The average Bonchev–Trinajstić information content (AvgIpc) is 2.19. The number of ether oxygens (including phenoxy) is 1. The van der Waals surface area contributed by atoms with Gasteiger partial charge < -0.3 is 4.74 Å². The van der Waals surface area contributed by atoms with Gasteiger partial charge in [0.2, 0.25) is 0 Å². The Morgan fingerprint density at radius 2 is 1.67 bits per heavy atom. The van der Waals surface area contributed by atoms with Gasteiger partial charge in [0.1, 0.15) is 0 Å². The van der Waals surface area contributed by atoms with Crippen LogP contribution in [0.2, 0.25) is 0 Å². The van der Waals surface area contributed by atoms with Crippen molar-refractivity contribution in [3.63, 3.8) is 0 Å². The number of hydrogen-bond acceptors (Lipinski definition) is 1. The molecule has 0 fully saturated rings. The van der Waals surface area contributed by atoms with Gasteiger partial charge in [0.05, 0.1) is 6.61 Å². The molecule has 0 aromatic heterocycles. The Balaban J connectivity index is 3.93. The quantitative estimate of drug-likeness (QED) is 0.597. The van der Waals surface area contributed by atoms with E-state index < -0.39 is 0 Å². The van der Waals surface area contributed by atoms with Crippen molar-refractivity contribution in [3.05, 3.63) is 60.3 Å². The van der Waals surface area contributed by atoms with Crippen LogP contribution in [0, 0.1) is 0 Å². The molecule has 1 heteroatoms. The van der Waals surface area contributed by atoms with Crippen molar-refractivity contribution in [2.75, 3.05) is 13.7 Å². The molecular formula is C14H20O. The van der Waals surface area contributed by atoms with Crippen LogP contribution in [0.1, 0.15) is 13.8 Å². The van der Waals surface area contributed by atoms with Crippen LogP contribution in [0.3, 0.4) is 0 Å². The predicted molar refractivity (Wildman–Crippen MR) is 67.9 cm³/mol. The highest BCUT2D eigenvalue weighted by Gasteiger charge is 1.78. The van der Waals surface area contributed by atoms with Crippen LogP contribution in [-0.4, -0.2) is 13.7 Å². The Bertz CT molecular complexity index is 290. The molecule has 0 amide bonds. The Morgan fingerprint density at radius 1 is 1.07 bits per heavy atom. The fraction of sp³-hybridized carbons (Fsp3) is 0.286. The summed E-state index contributed by atoms with van der Waals surface area (Å²) in [5.41, 5.74) is 2.25. The molecule has 0 radical (unpaired) electrons. The van der Waals surface area contributed by atoms with Crippen LogP contribution in [0.4, 0.5) is 0 Å². The lowest BCUT2D eigenvalue weighted by molar-refractivity contribution is 0.233. The highest BCUT2D eigenvalue weighted by Crippen LogP contribution is 1.95. The van der Waals surface area contributed by atoms with E-state index in [4.69, 9.17) is 4.74 Å². The Kier molecular flexibility index (Phi) is 8.40. The van der Waals surface area contributed by atoms with E-state index in [9.17, 15) is 0 Å². The van der Waals surface area contributed by atoms with E-state index in [0.29, 0.717) is 6.61 Å². The summed E-state index contributed by atoms with van der Waals surface area (Å²) in [6.07, 6.45) is 14.0. The van der Waals surface area contributed by atoms with Gasteiger partial charge in [-0.05, 0) is 13.8 Å². The molecule has 0 bridgehead atoms. The van der Waals surface area contributed by atoms with Crippen molar-refractivity contribution in [2.45, 2.75) is 13.8 Å². The molecule has 0 aromatic carbocycles. The Labute approximate surface area is 93.1 Å². The summed E-state index contributed by atoms with van der Waals surface area (Å²) in [6, 6.07) is 0. The summed E-state index contributed by atoms with van der Waals surface area (Å²) in [5.74, 6) is 0. The molecule has 0 saturated heterocycles. The van der Waals surface area contributed by atoms with Gasteiger partial charge in [0.25, 0.3) is 0 Å². The van der Waals surface area contributed by atoms with Gasteiger partial charge in [-0.2, -0.15) is 0 Å². The maximum absolute atomic E-state index is 4.93. The monoisotopic (exact) mass is 204 g/mol. The summed E-state index contributed by atoms with van der Waals surface area (Å²) in [7, 11) is 1.69. The summed E-state index contributed by atoms with van der Waals surface area (Å²) in [5, 5.41) is 0. The van der Waals surface area contributed by atoms with Crippen LogP contribution < -0.4 is 0 Å². The highest BCUT2D eigenvalue weighted by molar-refractivity contribution is 5.23. The van der Waals surface area contributed by atoms with Gasteiger partial charge in [0.15, 0.2) is 0 Å². The molecule has 0 atom stereocenters. The molecule has 82 valence electrons. The van der Waals surface area contributed by atoms with E-state index in [-0.39, 0.29) is 0 Å². The van der Waals surface area contributed by atoms with E-state index in [2.05, 4.69) is 6.58 Å². The van der Waals surface area contributed by atoms with E-state index in [1.165, 1.54) is 5.57 Å². The maximum atomic E-state index is 4.93. The molecule has 0 aromatic rings. The fourth-order valence-electron chi connectivity index (χ4n) is 0.838. The first-order valence-corrected chi connectivity index (χ1v) is 4.99. The van der Waals surface area contributed by atoms with Crippen LogP contribution in [0.5, 0.6) is 0 Å². The third-order valence-electron chi connectivity index (χ3n) is 1.65. The van der Waals surface area contributed by atoms with Gasteiger partial charge in [-0.3, -0.25) is 0 Å². The lowest BCUT2D eigenvalue weighted by Gasteiger charge is -1.90. The van der Waals surface area contributed by atoms with Crippen LogP contribution in [0.25, 0.3) is 0 Å². The standard InChI is InChI=1S/C14H20O/c1-13(2)9-7-5-6-8-10-14(3)11-12-15-4/h5-11H,1,12H2,2-4H3/b6-5-,9-7+,10-8-,14-11+. The first kappa shape index (κ1) is 13.7. The highest BCUT2D eigenvalue weighted by atomic mass is 16.5. The molecule has 0 aliphatic heterocycles. The molecule has 0 saturated carbocycles. The second kappa shape index (κ2) is 9.22. The van der Waals surface area contributed by atoms with Gasteiger partial charge in [0, 0.05) is 7.11 Å². The van der Waals surface area contributed by atoms with Crippen molar-refractivity contribution < 1.29 is 4.74 Å². The third kappa shape index (κ3) is 10.6. The summed E-state index contributed by atoms with van der Waals surface area (Å²) < 4.78 is 4.93. The molecule has 0 N–H and O–H groups in total. The summed E-state index contributed by atoms with van der Waals surface area (Å²) in [4.78, 5) is 0. The first-order chi connectivity index (χ1) is 7.16. The fourth-order valence-corrected chi connectivity index (χ4v) is 0.838. The van der Waals surface area contributed by atoms with Crippen molar-refractivity contribution in [1.82, 2.24) is 0 Å². The second-order valence-corrected chi connectivity index (χ2v) is 3.35. The van der Waals surface area contributed by atoms with E-state index in [1.54, 1.807) is 7.11 Å². The topological polar surface area (TPSA) is 9.23 Å². The lowest BCUT2D eigenvalue weighted by atomic mass is 10.2. The van der Waals surface area contributed by atoms with Crippen LogP contribution in [-0.2, 0) is 4.74 Å². The van der Waals surface area contributed by atoms with E-state index in [1.807, 2.05) is 56.4 Å². The minimum Gasteiger partial charge on any atom is -0.381 e. The zero-order valence-electron chi connectivity index (χ0n) is 9.86. The number of hydrogen-bond donors (Lipinski definition) is 0. The van der Waals surface area contributed by atoms with Crippen molar-refractivity contribution in [1.29, 1.82) is 0 Å². The second-order valence-electron chi connectivity index (χ2n) is 3.35. The van der Waals surface area contributed by atoms with Crippen molar-refractivity contribution in [3.8, 4) is 0 Å². The first-order valence-electron chi connectivity index (χ1n) is 4.99. The zero-order valence-corrected chi connectivity index (χ0v) is 9.86. The molecule has 0 aliphatic carbocycles. The van der Waals surface area contributed by atoms with Gasteiger partial charge in [-0.15, -0.1) is 0 Å². The minimum atomic E-state index is 0.662. The van der Waals surface area contributed by atoms with Gasteiger partial charge in [-0.25, -0.2) is 0 Å². The lowest BCUT2D eigenvalue weighted by Crippen LogP contribution is -1.82. The molecule has 0 heterocycles. The molecule has 0 aliphatic rings. The zero-order chi connectivity index (χ0) is 11.5. The summed E-state index contributed by atoms with van der Waals surface area (Å²) >= 11 is 0. The maximum Gasteiger partial charge on any atom is 0.0649 e. The number of allylic oxidation sites excluding steroid dienone is 8. The molecular weight excluding hydrogens is 184 g/mol. The normalized spacial score (nSPS) is 13.4. The van der Waals surface area contributed by atoms with Crippen molar-refractivity contribution in [2.24, 2.45) is 0 Å². The van der Waals surface area contributed by atoms with Gasteiger partial charge >= 0.3 is 0 Å². The molecule has 0 rings (SSSR count). The SMILES string of the molecule is C=C(C)/C=C/C=C\C=C/C(C)=C/COC. The molecule has 0 unspecified atom stereocenters. The van der Waals surface area contributed by atoms with Gasteiger partial charge in [-0.1, -0.05) is 60.3 Å². The van der Waals surface area contributed by atoms with E-state index >= 15 is 0 Å². The van der Waals surface area contributed by atoms with Crippen LogP contribution >= 0.6 is 0 Å². The molecule has 15 heavy (non-hydrogen) atoms. The Morgan fingerprint density at radius 3 is 2.20 bits per heavy atom. The smallest absolute Gasteiger partial charge is 0.0649 e.